The van der Waals surface area contributed by atoms with Gasteiger partial charge >= 0.3 is 5.97 Å². The van der Waals surface area contributed by atoms with Gasteiger partial charge in [-0.3, -0.25) is 0 Å². The Balaban J connectivity index is 2.18. The average Bonchev–Trinajstić information content (AvgIpc) is 2.41. The highest BCUT2D eigenvalue weighted by atomic mass is 32.2. The van der Waals surface area contributed by atoms with Crippen LogP contribution < -0.4 is 0 Å². The van der Waals surface area contributed by atoms with Gasteiger partial charge in [0.15, 0.2) is 0 Å². The van der Waals surface area contributed by atoms with Gasteiger partial charge in [-0.15, -0.1) is 0 Å². The number of carbonyl (C=O) groups is 1. The van der Waals surface area contributed by atoms with Crippen molar-refractivity contribution < 1.29 is 9.53 Å². The molecule has 0 atom stereocenters. The summed E-state index contributed by atoms with van der Waals surface area (Å²) in [6.45, 7) is 2.71. The number of benzene rings is 1. The van der Waals surface area contributed by atoms with Crippen LogP contribution in [0.5, 0.6) is 0 Å². The minimum absolute atomic E-state index is 0.152. The van der Waals surface area contributed by atoms with Crippen LogP contribution in [0, 0.1) is 0 Å². The summed E-state index contributed by atoms with van der Waals surface area (Å²) in [7, 11) is 0. The predicted octanol–water partition coefficient (Wildman–Crippen LogP) is 4.17. The maximum absolute atomic E-state index is 11.9. The Morgan fingerprint density at radius 1 is 1.28 bits per heavy atom. The third-order valence-electron chi connectivity index (χ3n) is 2.94. The molecule has 0 aliphatic carbocycles. The lowest BCUT2D eigenvalue weighted by molar-refractivity contribution is -0.139. The minimum atomic E-state index is -0.152. The van der Waals surface area contributed by atoms with Crippen molar-refractivity contribution in [2.75, 3.05) is 6.61 Å². The monoisotopic (exact) mass is 262 g/mol. The van der Waals surface area contributed by atoms with Crippen molar-refractivity contribution in [2.45, 2.75) is 37.5 Å². The molecule has 0 aromatic heterocycles. The first-order valence-electron chi connectivity index (χ1n) is 6.43. The van der Waals surface area contributed by atoms with Gasteiger partial charge in [0, 0.05) is 11.3 Å². The number of esters is 1. The second-order valence-electron chi connectivity index (χ2n) is 4.34. The lowest BCUT2D eigenvalue weighted by Gasteiger charge is -2.19. The molecule has 0 amide bonds. The zero-order chi connectivity index (χ0) is 12.8. The van der Waals surface area contributed by atoms with Gasteiger partial charge in [-0.25, -0.2) is 4.79 Å². The van der Waals surface area contributed by atoms with Crippen molar-refractivity contribution in [1.29, 1.82) is 0 Å². The molecule has 0 spiro atoms. The molecule has 1 heterocycles. The Bertz CT molecular complexity index is 437. The number of unbranched alkanes of at least 4 members (excludes halogenated alkanes) is 1. The quantitative estimate of drug-likeness (QED) is 0.745. The van der Waals surface area contributed by atoms with E-state index in [4.69, 9.17) is 4.74 Å². The van der Waals surface area contributed by atoms with Crippen LogP contribution in [0.2, 0.25) is 0 Å². The number of hydrogen-bond donors (Lipinski definition) is 0. The van der Waals surface area contributed by atoms with E-state index in [1.54, 1.807) is 0 Å². The smallest absolute Gasteiger partial charge is 0.344 e. The molecule has 96 valence electrons. The molecule has 0 unspecified atom stereocenters. The molecular formula is C15H18O2S. The van der Waals surface area contributed by atoms with E-state index in [9.17, 15) is 4.79 Å². The van der Waals surface area contributed by atoms with E-state index >= 15 is 0 Å². The minimum Gasteiger partial charge on any atom is -0.461 e. The predicted molar refractivity (Wildman–Crippen MR) is 74.4 cm³/mol. The van der Waals surface area contributed by atoms with Gasteiger partial charge in [-0.2, -0.15) is 0 Å². The summed E-state index contributed by atoms with van der Waals surface area (Å²) in [6.07, 6.45) is 4.20. The van der Waals surface area contributed by atoms with Crippen LogP contribution in [-0.2, 0) is 9.53 Å². The number of rotatable bonds is 5. The van der Waals surface area contributed by atoms with Crippen LogP contribution in [0.15, 0.2) is 45.7 Å². The van der Waals surface area contributed by atoms with Gasteiger partial charge in [-0.05, 0) is 30.5 Å². The number of hydrogen-bond acceptors (Lipinski definition) is 3. The highest BCUT2D eigenvalue weighted by Gasteiger charge is 2.22. The molecule has 1 aromatic rings. The molecule has 18 heavy (non-hydrogen) atoms. The van der Waals surface area contributed by atoms with E-state index in [1.165, 1.54) is 17.3 Å². The zero-order valence-electron chi connectivity index (χ0n) is 10.6. The Labute approximate surface area is 112 Å². The lowest BCUT2D eigenvalue weighted by Crippen LogP contribution is -2.16. The van der Waals surface area contributed by atoms with Gasteiger partial charge in [0.05, 0.1) is 11.5 Å². The molecule has 2 nitrogen and oxygen atoms in total. The number of carbonyl (C=O) groups excluding carboxylic acids is 1. The van der Waals surface area contributed by atoms with Crippen LogP contribution >= 0.6 is 11.8 Å². The van der Waals surface area contributed by atoms with Gasteiger partial charge < -0.3 is 4.74 Å². The summed E-state index contributed by atoms with van der Waals surface area (Å²) in [5.41, 5.74) is 1.27. The Morgan fingerprint density at radius 3 is 2.78 bits per heavy atom. The van der Waals surface area contributed by atoms with E-state index in [0.717, 1.165) is 35.5 Å². The summed E-state index contributed by atoms with van der Waals surface area (Å²) in [6, 6.07) is 10.0. The Hall–Kier alpha value is -1.22. The number of thioether (sulfide) groups is 1. The van der Waals surface area contributed by atoms with Gasteiger partial charge in [0.1, 0.15) is 0 Å². The first-order chi connectivity index (χ1) is 8.81. The molecule has 1 aliphatic heterocycles. The second kappa shape index (κ2) is 6.64. The first-order valence-corrected chi connectivity index (χ1v) is 7.25. The first kappa shape index (κ1) is 13.2. The summed E-state index contributed by atoms with van der Waals surface area (Å²) < 4.78 is 5.16. The van der Waals surface area contributed by atoms with Crippen LogP contribution in [0.4, 0.5) is 0 Å². The van der Waals surface area contributed by atoms with E-state index in [-0.39, 0.29) is 5.97 Å². The molecule has 0 N–H and O–H groups in total. The maximum Gasteiger partial charge on any atom is 0.344 e. The normalized spacial score (nSPS) is 15.7. The van der Waals surface area contributed by atoms with Crippen molar-refractivity contribution in [1.82, 2.24) is 0 Å². The van der Waals surface area contributed by atoms with Gasteiger partial charge in [-0.1, -0.05) is 43.3 Å². The number of ether oxygens (including phenoxy) is 1. The van der Waals surface area contributed by atoms with Crippen LogP contribution in [0.25, 0.3) is 0 Å². The third kappa shape index (κ3) is 3.39. The van der Waals surface area contributed by atoms with E-state index in [0.29, 0.717) is 6.61 Å². The largest absolute Gasteiger partial charge is 0.461 e. The summed E-state index contributed by atoms with van der Waals surface area (Å²) in [4.78, 5) is 13.8. The maximum atomic E-state index is 11.9. The van der Waals surface area contributed by atoms with Crippen LogP contribution in [0.3, 0.4) is 0 Å². The molecule has 1 aromatic carbocycles. The molecule has 0 radical (unpaired) electrons. The SMILES string of the molecule is CCCCC1=C(Sc2ccccc2)C(=O)OCC1. The summed E-state index contributed by atoms with van der Waals surface area (Å²) in [5.74, 6) is -0.152. The highest BCUT2D eigenvalue weighted by molar-refractivity contribution is 8.04. The fourth-order valence-electron chi connectivity index (χ4n) is 1.94. The standard InChI is InChI=1S/C15H18O2S/c1-2-3-7-12-10-11-17-15(16)14(12)18-13-8-5-4-6-9-13/h4-6,8-9H,2-3,7,10-11H2,1H3. The lowest BCUT2D eigenvalue weighted by atomic mass is 10.0. The molecule has 0 saturated carbocycles. The summed E-state index contributed by atoms with van der Waals surface area (Å²) in [5, 5.41) is 0. The van der Waals surface area contributed by atoms with Crippen molar-refractivity contribution in [3.63, 3.8) is 0 Å². The highest BCUT2D eigenvalue weighted by Crippen LogP contribution is 2.34. The molecule has 1 aliphatic rings. The fourth-order valence-corrected chi connectivity index (χ4v) is 2.96. The molecule has 0 saturated heterocycles. The van der Waals surface area contributed by atoms with Crippen LogP contribution in [0.1, 0.15) is 32.6 Å². The topological polar surface area (TPSA) is 26.3 Å². The van der Waals surface area contributed by atoms with E-state index in [1.807, 2.05) is 30.3 Å². The van der Waals surface area contributed by atoms with Crippen molar-refractivity contribution in [2.24, 2.45) is 0 Å². The van der Waals surface area contributed by atoms with Crippen molar-refractivity contribution in [3.05, 3.63) is 40.8 Å². The zero-order valence-corrected chi connectivity index (χ0v) is 11.5. The van der Waals surface area contributed by atoms with E-state index in [2.05, 4.69) is 6.92 Å². The van der Waals surface area contributed by atoms with Gasteiger partial charge in [0.2, 0.25) is 0 Å². The average molecular weight is 262 g/mol. The molecule has 3 heteroatoms. The van der Waals surface area contributed by atoms with E-state index < -0.39 is 0 Å². The van der Waals surface area contributed by atoms with Crippen molar-refractivity contribution >= 4 is 17.7 Å². The fraction of sp³-hybridized carbons (Fsp3) is 0.400. The molecule has 2 rings (SSSR count). The summed E-state index contributed by atoms with van der Waals surface area (Å²) >= 11 is 1.54. The third-order valence-corrected chi connectivity index (χ3v) is 4.11. The molecule has 0 fully saturated rings. The Morgan fingerprint density at radius 2 is 2.06 bits per heavy atom. The second-order valence-corrected chi connectivity index (χ2v) is 5.42. The van der Waals surface area contributed by atoms with Crippen molar-refractivity contribution in [3.8, 4) is 0 Å². The Kier molecular flexibility index (Phi) is 4.88. The van der Waals surface area contributed by atoms with Gasteiger partial charge in [0.25, 0.3) is 0 Å². The number of cyclic esters (lactones) is 1. The molecule has 0 bridgehead atoms. The van der Waals surface area contributed by atoms with Crippen LogP contribution in [-0.4, -0.2) is 12.6 Å². The molecular weight excluding hydrogens is 244 g/mol.